The van der Waals surface area contributed by atoms with E-state index in [2.05, 4.69) is 37.8 Å². The molecular formula is C13H22N2S. The second kappa shape index (κ2) is 4.86. The summed E-state index contributed by atoms with van der Waals surface area (Å²) < 4.78 is 0. The second-order valence-electron chi connectivity index (χ2n) is 5.01. The Bertz CT molecular complexity index is 347. The normalized spacial score (nSPS) is 28.5. The maximum absolute atomic E-state index is 5.78. The van der Waals surface area contributed by atoms with Gasteiger partial charge in [-0.3, -0.25) is 4.90 Å². The standard InChI is InChI=1S/C13H22N2S/c1-9-6-12(7-14)8-15(9)11(3)13-5-4-10(2)16-13/h4-5,9,11-12H,6-8,14H2,1-3H3. The lowest BCUT2D eigenvalue weighted by Crippen LogP contribution is -2.30. The minimum Gasteiger partial charge on any atom is -0.330 e. The third kappa shape index (κ3) is 2.31. The average molecular weight is 238 g/mol. The van der Waals surface area contributed by atoms with Crippen LogP contribution in [0.4, 0.5) is 0 Å². The third-order valence-corrected chi connectivity index (χ3v) is 4.88. The van der Waals surface area contributed by atoms with Crippen LogP contribution in [0.3, 0.4) is 0 Å². The van der Waals surface area contributed by atoms with Crippen LogP contribution in [-0.4, -0.2) is 24.0 Å². The van der Waals surface area contributed by atoms with Crippen LogP contribution in [0, 0.1) is 12.8 Å². The Morgan fingerprint density at radius 2 is 2.31 bits per heavy atom. The van der Waals surface area contributed by atoms with Gasteiger partial charge in [-0.2, -0.15) is 0 Å². The van der Waals surface area contributed by atoms with Crippen molar-refractivity contribution in [1.29, 1.82) is 0 Å². The van der Waals surface area contributed by atoms with E-state index in [1.807, 2.05) is 11.3 Å². The Balaban J connectivity index is 2.07. The quantitative estimate of drug-likeness (QED) is 0.877. The molecule has 0 spiro atoms. The van der Waals surface area contributed by atoms with Crippen LogP contribution in [0.5, 0.6) is 0 Å². The molecule has 1 saturated heterocycles. The molecule has 0 aromatic carbocycles. The predicted octanol–water partition coefficient (Wildman–Crippen LogP) is 2.79. The number of nitrogens with two attached hydrogens (primary N) is 1. The molecule has 3 heteroatoms. The Morgan fingerprint density at radius 1 is 1.56 bits per heavy atom. The molecule has 1 aromatic heterocycles. The van der Waals surface area contributed by atoms with Gasteiger partial charge in [0.25, 0.3) is 0 Å². The van der Waals surface area contributed by atoms with E-state index in [0.717, 1.165) is 13.1 Å². The zero-order valence-electron chi connectivity index (χ0n) is 10.4. The number of nitrogens with zero attached hydrogens (tertiary/aromatic N) is 1. The van der Waals surface area contributed by atoms with E-state index in [1.54, 1.807) is 0 Å². The molecule has 1 aromatic rings. The van der Waals surface area contributed by atoms with Crippen molar-refractivity contribution >= 4 is 11.3 Å². The first-order valence-electron chi connectivity index (χ1n) is 6.14. The first-order valence-corrected chi connectivity index (χ1v) is 6.95. The van der Waals surface area contributed by atoms with Crippen LogP contribution in [0.15, 0.2) is 12.1 Å². The molecule has 0 amide bonds. The molecule has 2 nitrogen and oxygen atoms in total. The van der Waals surface area contributed by atoms with Crippen molar-refractivity contribution in [3.63, 3.8) is 0 Å². The van der Waals surface area contributed by atoms with Gasteiger partial charge in [-0.05, 0) is 51.8 Å². The lowest BCUT2D eigenvalue weighted by Gasteiger charge is -2.27. The first-order chi connectivity index (χ1) is 7.61. The van der Waals surface area contributed by atoms with Gasteiger partial charge in [-0.15, -0.1) is 11.3 Å². The highest BCUT2D eigenvalue weighted by molar-refractivity contribution is 7.12. The molecule has 2 N–H and O–H groups in total. The van der Waals surface area contributed by atoms with Crippen molar-refractivity contribution < 1.29 is 0 Å². The molecule has 3 atom stereocenters. The minimum atomic E-state index is 0.547. The summed E-state index contributed by atoms with van der Waals surface area (Å²) in [6.07, 6.45) is 1.26. The summed E-state index contributed by atoms with van der Waals surface area (Å²) >= 11 is 1.92. The summed E-state index contributed by atoms with van der Waals surface area (Å²) in [6.45, 7) is 8.82. The molecule has 2 heterocycles. The Morgan fingerprint density at radius 3 is 2.81 bits per heavy atom. The predicted molar refractivity (Wildman–Crippen MR) is 70.8 cm³/mol. The van der Waals surface area contributed by atoms with Gasteiger partial charge in [-0.1, -0.05) is 0 Å². The lowest BCUT2D eigenvalue weighted by atomic mass is 10.1. The minimum absolute atomic E-state index is 0.547. The maximum atomic E-state index is 5.78. The summed E-state index contributed by atoms with van der Waals surface area (Å²) in [5, 5.41) is 0. The molecule has 1 fully saturated rings. The van der Waals surface area contributed by atoms with Gasteiger partial charge in [0.15, 0.2) is 0 Å². The second-order valence-corrected chi connectivity index (χ2v) is 6.33. The van der Waals surface area contributed by atoms with Gasteiger partial charge in [0.05, 0.1) is 0 Å². The first kappa shape index (κ1) is 12.1. The molecule has 0 radical (unpaired) electrons. The fourth-order valence-electron chi connectivity index (χ4n) is 2.72. The molecule has 0 bridgehead atoms. The van der Waals surface area contributed by atoms with E-state index >= 15 is 0 Å². The number of aryl methyl sites for hydroxylation is 1. The smallest absolute Gasteiger partial charge is 0.0416 e. The van der Waals surface area contributed by atoms with Crippen molar-refractivity contribution in [2.24, 2.45) is 11.7 Å². The topological polar surface area (TPSA) is 29.3 Å². The highest BCUT2D eigenvalue weighted by Gasteiger charge is 2.32. The SMILES string of the molecule is Cc1ccc(C(C)N2CC(CN)CC2C)s1. The monoisotopic (exact) mass is 238 g/mol. The molecule has 16 heavy (non-hydrogen) atoms. The molecular weight excluding hydrogens is 216 g/mol. The van der Waals surface area contributed by atoms with Crippen molar-refractivity contribution in [2.45, 2.75) is 39.3 Å². The van der Waals surface area contributed by atoms with Gasteiger partial charge < -0.3 is 5.73 Å². The van der Waals surface area contributed by atoms with Gasteiger partial charge in [0.2, 0.25) is 0 Å². The van der Waals surface area contributed by atoms with Crippen LogP contribution in [0.25, 0.3) is 0 Å². The van der Waals surface area contributed by atoms with Crippen molar-refractivity contribution in [2.75, 3.05) is 13.1 Å². The van der Waals surface area contributed by atoms with Crippen LogP contribution < -0.4 is 5.73 Å². The molecule has 2 rings (SSSR count). The van der Waals surface area contributed by atoms with Crippen molar-refractivity contribution in [3.8, 4) is 0 Å². The van der Waals surface area contributed by atoms with Gasteiger partial charge in [0, 0.05) is 28.4 Å². The van der Waals surface area contributed by atoms with Crippen molar-refractivity contribution in [3.05, 3.63) is 21.9 Å². The molecule has 0 aliphatic carbocycles. The summed E-state index contributed by atoms with van der Waals surface area (Å²) in [7, 11) is 0. The van der Waals surface area contributed by atoms with Gasteiger partial charge >= 0.3 is 0 Å². The van der Waals surface area contributed by atoms with E-state index < -0.39 is 0 Å². The number of likely N-dealkylation sites (tertiary alicyclic amines) is 1. The van der Waals surface area contributed by atoms with Crippen LogP contribution in [0.2, 0.25) is 0 Å². The average Bonchev–Trinajstić information content (AvgIpc) is 2.83. The van der Waals surface area contributed by atoms with Crippen LogP contribution >= 0.6 is 11.3 Å². The molecule has 1 aliphatic rings. The Hall–Kier alpha value is -0.380. The van der Waals surface area contributed by atoms with Crippen molar-refractivity contribution in [1.82, 2.24) is 4.90 Å². The lowest BCUT2D eigenvalue weighted by molar-refractivity contribution is 0.203. The Labute approximate surface area is 102 Å². The van der Waals surface area contributed by atoms with E-state index in [-0.39, 0.29) is 0 Å². The number of rotatable bonds is 3. The summed E-state index contributed by atoms with van der Waals surface area (Å²) in [4.78, 5) is 5.49. The number of hydrogen-bond donors (Lipinski definition) is 1. The van der Waals surface area contributed by atoms with Gasteiger partial charge in [-0.25, -0.2) is 0 Å². The van der Waals surface area contributed by atoms with Gasteiger partial charge in [0.1, 0.15) is 0 Å². The van der Waals surface area contributed by atoms with E-state index in [1.165, 1.54) is 16.2 Å². The number of hydrogen-bond acceptors (Lipinski definition) is 3. The Kier molecular flexibility index (Phi) is 3.67. The zero-order valence-corrected chi connectivity index (χ0v) is 11.3. The molecule has 1 aliphatic heterocycles. The third-order valence-electron chi connectivity index (χ3n) is 3.71. The molecule has 90 valence electrons. The number of thiophene rings is 1. The van der Waals surface area contributed by atoms with Crippen LogP contribution in [-0.2, 0) is 0 Å². The fourth-order valence-corrected chi connectivity index (χ4v) is 3.67. The van der Waals surface area contributed by atoms with E-state index in [9.17, 15) is 0 Å². The summed E-state index contributed by atoms with van der Waals surface area (Å²) in [6, 6.07) is 5.71. The molecule has 3 unspecified atom stereocenters. The van der Waals surface area contributed by atoms with E-state index in [4.69, 9.17) is 5.73 Å². The van der Waals surface area contributed by atoms with E-state index in [0.29, 0.717) is 18.0 Å². The highest BCUT2D eigenvalue weighted by atomic mass is 32.1. The summed E-state index contributed by atoms with van der Waals surface area (Å²) in [5.74, 6) is 0.693. The molecule has 0 saturated carbocycles. The summed E-state index contributed by atoms with van der Waals surface area (Å²) in [5.41, 5.74) is 5.78. The largest absolute Gasteiger partial charge is 0.330 e. The maximum Gasteiger partial charge on any atom is 0.0416 e. The van der Waals surface area contributed by atoms with Crippen LogP contribution in [0.1, 0.15) is 36.1 Å². The fraction of sp³-hybridized carbons (Fsp3) is 0.692. The zero-order chi connectivity index (χ0) is 11.7. The highest BCUT2D eigenvalue weighted by Crippen LogP contribution is 2.34.